The number of carbonyl (C=O) groups is 1. The maximum atomic E-state index is 12.1. The summed E-state index contributed by atoms with van der Waals surface area (Å²) in [4.78, 5) is 23.1. The summed E-state index contributed by atoms with van der Waals surface area (Å²) < 4.78 is 3.03. The number of hydrogen-bond donors (Lipinski definition) is 1. The normalized spacial score (nSPS) is 11.6. The second kappa shape index (κ2) is 5.00. The third-order valence-corrected chi connectivity index (χ3v) is 3.43. The Morgan fingerprint density at radius 3 is 2.45 bits per heavy atom. The number of rotatable bonds is 4. The zero-order valence-corrected chi connectivity index (χ0v) is 11.8. The van der Waals surface area contributed by atoms with Crippen LogP contribution in [-0.2, 0) is 17.3 Å². The minimum atomic E-state index is -0.856. The van der Waals surface area contributed by atoms with Crippen molar-refractivity contribution in [3.05, 3.63) is 52.7 Å². The van der Waals surface area contributed by atoms with E-state index in [0.717, 1.165) is 11.3 Å². The molecule has 106 valence electrons. The van der Waals surface area contributed by atoms with Crippen molar-refractivity contribution in [3.8, 4) is 5.69 Å². The topological polar surface area (TPSA) is 64.2 Å². The van der Waals surface area contributed by atoms with Crippen molar-refractivity contribution in [1.29, 1.82) is 0 Å². The second-order valence-electron chi connectivity index (χ2n) is 5.53. The van der Waals surface area contributed by atoms with Gasteiger partial charge < -0.3 is 9.67 Å². The molecule has 2 rings (SSSR count). The number of imidazole rings is 1. The van der Waals surface area contributed by atoms with Gasteiger partial charge in [-0.1, -0.05) is 32.0 Å². The van der Waals surface area contributed by atoms with E-state index >= 15 is 0 Å². The highest BCUT2D eigenvalue weighted by Crippen LogP contribution is 2.31. The monoisotopic (exact) mass is 274 g/mol. The van der Waals surface area contributed by atoms with Gasteiger partial charge in [0.1, 0.15) is 0 Å². The molecule has 2 aromatic rings. The minimum Gasteiger partial charge on any atom is -0.481 e. The standard InChI is InChI=1S/C15H18N2O3/c1-15(2,10-13(18)19)11-6-4-5-7-12(11)17-9-8-16(3)14(17)20/h4-9H,10H2,1-3H3,(H,18,19). The van der Waals surface area contributed by atoms with Crippen LogP contribution in [-0.4, -0.2) is 20.2 Å². The predicted molar refractivity (Wildman–Crippen MR) is 76.3 cm³/mol. The van der Waals surface area contributed by atoms with E-state index in [2.05, 4.69) is 0 Å². The first kappa shape index (κ1) is 14.1. The summed E-state index contributed by atoms with van der Waals surface area (Å²) in [5, 5.41) is 9.06. The Labute approximate surface area is 117 Å². The Morgan fingerprint density at radius 2 is 1.90 bits per heavy atom. The Hall–Kier alpha value is -2.30. The molecule has 0 aliphatic heterocycles. The first-order valence-corrected chi connectivity index (χ1v) is 6.38. The molecule has 1 N–H and O–H groups in total. The summed E-state index contributed by atoms with van der Waals surface area (Å²) in [6.45, 7) is 3.74. The molecule has 0 bridgehead atoms. The molecule has 0 saturated carbocycles. The molecule has 0 saturated heterocycles. The van der Waals surface area contributed by atoms with E-state index in [4.69, 9.17) is 5.11 Å². The van der Waals surface area contributed by atoms with Gasteiger partial charge in [0.2, 0.25) is 0 Å². The lowest BCUT2D eigenvalue weighted by molar-refractivity contribution is -0.138. The van der Waals surface area contributed by atoms with Crippen LogP contribution in [0.3, 0.4) is 0 Å². The molecular formula is C15H18N2O3. The fourth-order valence-corrected chi connectivity index (χ4v) is 2.38. The van der Waals surface area contributed by atoms with Crippen LogP contribution in [0.5, 0.6) is 0 Å². The van der Waals surface area contributed by atoms with Crippen LogP contribution in [0, 0.1) is 0 Å². The molecule has 0 aliphatic rings. The van der Waals surface area contributed by atoms with Crippen molar-refractivity contribution in [2.45, 2.75) is 25.7 Å². The number of carboxylic acids is 1. The molecule has 0 atom stereocenters. The van der Waals surface area contributed by atoms with Gasteiger partial charge in [0.25, 0.3) is 0 Å². The van der Waals surface area contributed by atoms with E-state index in [-0.39, 0.29) is 12.1 Å². The Bertz CT molecular complexity index is 695. The van der Waals surface area contributed by atoms with Crippen molar-refractivity contribution in [3.63, 3.8) is 0 Å². The number of carboxylic acid groups (broad SMARTS) is 1. The highest BCUT2D eigenvalue weighted by Gasteiger charge is 2.27. The van der Waals surface area contributed by atoms with Crippen LogP contribution in [0.1, 0.15) is 25.8 Å². The predicted octanol–water partition coefficient (Wildman–Crippen LogP) is 1.93. The molecule has 5 heteroatoms. The average Bonchev–Trinajstić information content (AvgIpc) is 2.68. The molecule has 0 amide bonds. The molecule has 0 fully saturated rings. The lowest BCUT2D eigenvalue weighted by Gasteiger charge is -2.26. The van der Waals surface area contributed by atoms with Gasteiger partial charge in [-0.2, -0.15) is 0 Å². The largest absolute Gasteiger partial charge is 0.481 e. The molecule has 1 aromatic heterocycles. The fraction of sp³-hybridized carbons (Fsp3) is 0.333. The van der Waals surface area contributed by atoms with E-state index in [1.807, 2.05) is 38.1 Å². The lowest BCUT2D eigenvalue weighted by atomic mass is 9.80. The van der Waals surface area contributed by atoms with Crippen molar-refractivity contribution in [1.82, 2.24) is 9.13 Å². The van der Waals surface area contributed by atoms with Gasteiger partial charge in [-0.05, 0) is 11.6 Å². The molecule has 5 nitrogen and oxygen atoms in total. The first-order chi connectivity index (χ1) is 9.33. The summed E-state index contributed by atoms with van der Waals surface area (Å²) in [7, 11) is 1.68. The fourth-order valence-electron chi connectivity index (χ4n) is 2.38. The van der Waals surface area contributed by atoms with E-state index in [1.165, 1.54) is 4.57 Å². The summed E-state index contributed by atoms with van der Waals surface area (Å²) in [6, 6.07) is 7.41. The Kier molecular flexibility index (Phi) is 3.53. The maximum absolute atomic E-state index is 12.1. The third-order valence-electron chi connectivity index (χ3n) is 3.43. The second-order valence-corrected chi connectivity index (χ2v) is 5.53. The molecule has 1 aromatic carbocycles. The maximum Gasteiger partial charge on any atom is 0.332 e. The zero-order valence-electron chi connectivity index (χ0n) is 11.8. The van der Waals surface area contributed by atoms with Gasteiger partial charge in [0, 0.05) is 24.9 Å². The molecule has 0 unspecified atom stereocenters. The quantitative estimate of drug-likeness (QED) is 0.926. The van der Waals surface area contributed by atoms with Gasteiger partial charge in [-0.25, -0.2) is 4.79 Å². The smallest absolute Gasteiger partial charge is 0.332 e. The number of benzene rings is 1. The van der Waals surface area contributed by atoms with Crippen molar-refractivity contribution in [2.24, 2.45) is 7.05 Å². The first-order valence-electron chi connectivity index (χ1n) is 6.38. The molecule has 20 heavy (non-hydrogen) atoms. The van der Waals surface area contributed by atoms with E-state index in [9.17, 15) is 9.59 Å². The summed E-state index contributed by atoms with van der Waals surface area (Å²) in [6.07, 6.45) is 3.38. The SMILES string of the molecule is Cn1ccn(-c2ccccc2C(C)(C)CC(=O)O)c1=O. The zero-order chi connectivity index (χ0) is 14.9. The molecule has 0 aliphatic carbocycles. The highest BCUT2D eigenvalue weighted by molar-refractivity contribution is 5.69. The van der Waals surface area contributed by atoms with Gasteiger partial charge in [0.05, 0.1) is 12.1 Å². The van der Waals surface area contributed by atoms with E-state index < -0.39 is 11.4 Å². The Balaban J connectivity index is 2.60. The van der Waals surface area contributed by atoms with Gasteiger partial charge in [0.15, 0.2) is 0 Å². The summed E-state index contributed by atoms with van der Waals surface area (Å²) >= 11 is 0. The van der Waals surface area contributed by atoms with Crippen molar-refractivity contribution in [2.75, 3.05) is 0 Å². The lowest BCUT2D eigenvalue weighted by Crippen LogP contribution is -2.27. The third kappa shape index (κ3) is 2.52. The summed E-state index contributed by atoms with van der Waals surface area (Å²) in [5.41, 5.74) is 0.862. The van der Waals surface area contributed by atoms with E-state index in [0.29, 0.717) is 0 Å². The van der Waals surface area contributed by atoms with Crippen LogP contribution >= 0.6 is 0 Å². The molecular weight excluding hydrogens is 256 g/mol. The van der Waals surface area contributed by atoms with Gasteiger partial charge >= 0.3 is 11.7 Å². The minimum absolute atomic E-state index is 0.00555. The van der Waals surface area contributed by atoms with Crippen molar-refractivity contribution >= 4 is 5.97 Å². The number of hydrogen-bond acceptors (Lipinski definition) is 2. The highest BCUT2D eigenvalue weighted by atomic mass is 16.4. The Morgan fingerprint density at radius 1 is 1.25 bits per heavy atom. The number of nitrogens with zero attached hydrogens (tertiary/aromatic N) is 2. The van der Waals surface area contributed by atoms with Crippen LogP contribution in [0.25, 0.3) is 5.69 Å². The van der Waals surface area contributed by atoms with Gasteiger partial charge in [-0.15, -0.1) is 0 Å². The number of aliphatic carboxylic acids is 1. The van der Waals surface area contributed by atoms with Crippen LogP contribution in [0.15, 0.2) is 41.5 Å². The van der Waals surface area contributed by atoms with Crippen LogP contribution in [0.4, 0.5) is 0 Å². The average molecular weight is 274 g/mol. The van der Waals surface area contributed by atoms with Crippen LogP contribution < -0.4 is 5.69 Å². The number of aromatic nitrogens is 2. The van der Waals surface area contributed by atoms with Crippen molar-refractivity contribution < 1.29 is 9.90 Å². The molecule has 0 spiro atoms. The number of aryl methyl sites for hydroxylation is 1. The van der Waals surface area contributed by atoms with Gasteiger partial charge in [-0.3, -0.25) is 9.36 Å². The van der Waals surface area contributed by atoms with E-state index in [1.54, 1.807) is 24.0 Å². The number of para-hydroxylation sites is 1. The summed E-state index contributed by atoms with van der Waals surface area (Å²) in [5.74, 6) is -0.856. The van der Waals surface area contributed by atoms with Crippen LogP contribution in [0.2, 0.25) is 0 Å². The molecule has 0 radical (unpaired) electrons. The molecule has 1 heterocycles.